The zero-order valence-corrected chi connectivity index (χ0v) is 22.3. The molecular weight excluding hydrogens is 468 g/mol. The molecule has 188 valence electrons. The number of ether oxygens (including phenoxy) is 2. The second kappa shape index (κ2) is 10.8. The van der Waals surface area contributed by atoms with Gasteiger partial charge in [0.1, 0.15) is 11.5 Å². The van der Waals surface area contributed by atoms with Gasteiger partial charge in [0.2, 0.25) is 5.95 Å². The number of likely N-dealkylation sites (tertiary alicyclic amines) is 1. The Balaban J connectivity index is 1.46. The highest BCUT2D eigenvalue weighted by Gasteiger charge is 2.22. The van der Waals surface area contributed by atoms with E-state index in [2.05, 4.69) is 65.6 Å². The zero-order valence-electron chi connectivity index (χ0n) is 21.5. The Labute approximate surface area is 217 Å². The van der Waals surface area contributed by atoms with Crippen molar-refractivity contribution in [2.45, 2.75) is 45.6 Å². The molecule has 6 nitrogen and oxygen atoms in total. The predicted octanol–water partition coefficient (Wildman–Crippen LogP) is 7.10. The summed E-state index contributed by atoms with van der Waals surface area (Å²) in [4.78, 5) is 12.0. The zero-order chi connectivity index (χ0) is 25.1. The van der Waals surface area contributed by atoms with Gasteiger partial charge in [-0.2, -0.15) is 0 Å². The fourth-order valence-electron chi connectivity index (χ4n) is 4.93. The normalized spacial score (nSPS) is 16.4. The number of fused-ring (bicyclic) bond motifs is 1. The molecule has 3 heterocycles. The lowest BCUT2D eigenvalue weighted by atomic mass is 9.90. The van der Waals surface area contributed by atoms with Crippen molar-refractivity contribution in [2.24, 2.45) is 0 Å². The fraction of sp³-hybridized carbons (Fsp3) is 0.379. The molecule has 1 aliphatic heterocycles. The summed E-state index contributed by atoms with van der Waals surface area (Å²) in [6, 6.07) is 14.6. The van der Waals surface area contributed by atoms with E-state index in [0.717, 1.165) is 51.6 Å². The molecule has 0 radical (unpaired) electrons. The minimum atomic E-state index is 0.0664. The van der Waals surface area contributed by atoms with Crippen LogP contribution in [-0.4, -0.2) is 47.7 Å². The molecule has 36 heavy (non-hydrogen) atoms. The van der Waals surface area contributed by atoms with Crippen LogP contribution in [0.2, 0.25) is 0 Å². The van der Waals surface area contributed by atoms with E-state index in [0.29, 0.717) is 11.9 Å². The third-order valence-corrected chi connectivity index (χ3v) is 7.66. The van der Waals surface area contributed by atoms with Gasteiger partial charge in [0, 0.05) is 23.1 Å². The van der Waals surface area contributed by atoms with Crippen LogP contribution in [0.15, 0.2) is 54.0 Å². The maximum absolute atomic E-state index is 6.25. The van der Waals surface area contributed by atoms with Gasteiger partial charge >= 0.3 is 0 Å². The molecule has 0 aliphatic carbocycles. The number of likely N-dealkylation sites (N-methyl/N-ethyl adjacent to an activating group) is 1. The monoisotopic (exact) mass is 502 g/mol. The van der Waals surface area contributed by atoms with Gasteiger partial charge in [-0.25, -0.2) is 9.97 Å². The van der Waals surface area contributed by atoms with Crippen molar-refractivity contribution >= 4 is 33.2 Å². The van der Waals surface area contributed by atoms with Crippen LogP contribution < -0.4 is 14.8 Å². The maximum atomic E-state index is 6.25. The number of hydrogen-bond acceptors (Lipinski definition) is 7. The Morgan fingerprint density at radius 1 is 1.14 bits per heavy atom. The molecule has 7 heteroatoms. The van der Waals surface area contributed by atoms with Crippen molar-refractivity contribution < 1.29 is 9.47 Å². The number of nitrogens with one attached hydrogen (secondary N) is 1. The standard InChI is InChI=1S/C29H34N4O2S/c1-5-33-14-8-9-21(17-33)20-12-13-24(26(15-20)35-19(2)3)31-29-30-16-27-28(32-29)23(18-36-27)22-10-6-7-11-25(22)34-4/h6-7,10-13,15-16,18-19,21H,5,8-9,14,17H2,1-4H3,(H,30,31,32)/t21-/m1/s1. The number of benzene rings is 2. The largest absolute Gasteiger partial charge is 0.496 e. The minimum absolute atomic E-state index is 0.0664. The Morgan fingerprint density at radius 2 is 2.00 bits per heavy atom. The van der Waals surface area contributed by atoms with Crippen molar-refractivity contribution in [1.29, 1.82) is 0 Å². The molecule has 0 amide bonds. The highest BCUT2D eigenvalue weighted by Crippen LogP contribution is 2.39. The molecule has 0 bridgehead atoms. The van der Waals surface area contributed by atoms with Gasteiger partial charge in [0.15, 0.2) is 0 Å². The lowest BCUT2D eigenvalue weighted by molar-refractivity contribution is 0.216. The molecule has 0 saturated carbocycles. The Morgan fingerprint density at radius 3 is 2.81 bits per heavy atom. The van der Waals surface area contributed by atoms with Gasteiger partial charge in [-0.05, 0) is 69.5 Å². The van der Waals surface area contributed by atoms with E-state index in [1.807, 2.05) is 24.4 Å². The first-order valence-corrected chi connectivity index (χ1v) is 13.6. The van der Waals surface area contributed by atoms with Crippen molar-refractivity contribution in [1.82, 2.24) is 14.9 Å². The second-order valence-corrected chi connectivity index (χ2v) is 10.4. The average molecular weight is 503 g/mol. The second-order valence-electron chi connectivity index (χ2n) is 9.54. The van der Waals surface area contributed by atoms with Gasteiger partial charge < -0.3 is 19.7 Å². The van der Waals surface area contributed by atoms with Crippen LogP contribution in [0.3, 0.4) is 0 Å². The van der Waals surface area contributed by atoms with Crippen LogP contribution in [-0.2, 0) is 0 Å². The van der Waals surface area contributed by atoms with E-state index in [1.165, 1.54) is 24.9 Å². The van der Waals surface area contributed by atoms with E-state index < -0.39 is 0 Å². The molecule has 5 rings (SSSR count). The lowest BCUT2D eigenvalue weighted by Gasteiger charge is -2.32. The van der Waals surface area contributed by atoms with Crippen LogP contribution in [0, 0.1) is 0 Å². The Kier molecular flexibility index (Phi) is 7.39. The molecule has 1 N–H and O–H groups in total. The Hall–Kier alpha value is -3.16. The summed E-state index contributed by atoms with van der Waals surface area (Å²) in [6.07, 6.45) is 4.40. The lowest BCUT2D eigenvalue weighted by Crippen LogP contribution is -2.34. The smallest absolute Gasteiger partial charge is 0.227 e. The molecule has 0 unspecified atom stereocenters. The summed E-state index contributed by atoms with van der Waals surface area (Å²) in [5.74, 6) is 2.75. The summed E-state index contributed by atoms with van der Waals surface area (Å²) in [7, 11) is 1.70. The highest BCUT2D eigenvalue weighted by molar-refractivity contribution is 7.17. The number of piperidine rings is 1. The van der Waals surface area contributed by atoms with Gasteiger partial charge in [-0.1, -0.05) is 31.2 Å². The molecule has 1 saturated heterocycles. The maximum Gasteiger partial charge on any atom is 0.227 e. The molecular formula is C29H34N4O2S. The topological polar surface area (TPSA) is 59.5 Å². The van der Waals surface area contributed by atoms with Crippen molar-refractivity contribution in [2.75, 3.05) is 32.1 Å². The molecule has 0 spiro atoms. The van der Waals surface area contributed by atoms with Crippen molar-refractivity contribution in [3.63, 3.8) is 0 Å². The quantitative estimate of drug-likeness (QED) is 0.277. The summed E-state index contributed by atoms with van der Waals surface area (Å²) >= 11 is 1.64. The van der Waals surface area contributed by atoms with Crippen LogP contribution in [0.1, 0.15) is 45.1 Å². The summed E-state index contributed by atoms with van der Waals surface area (Å²) < 4.78 is 12.9. The third-order valence-electron chi connectivity index (χ3n) is 6.75. The highest BCUT2D eigenvalue weighted by atomic mass is 32.1. The van der Waals surface area contributed by atoms with E-state index in [9.17, 15) is 0 Å². The van der Waals surface area contributed by atoms with Gasteiger partial charge in [-0.3, -0.25) is 0 Å². The van der Waals surface area contributed by atoms with E-state index in [-0.39, 0.29) is 6.10 Å². The van der Waals surface area contributed by atoms with Crippen LogP contribution in [0.4, 0.5) is 11.6 Å². The first-order valence-electron chi connectivity index (χ1n) is 12.7. The molecule has 2 aromatic heterocycles. The first-order chi connectivity index (χ1) is 17.6. The number of anilines is 2. The molecule has 1 atom stereocenters. The molecule has 1 fully saturated rings. The van der Waals surface area contributed by atoms with Gasteiger partial charge in [-0.15, -0.1) is 11.3 Å². The first kappa shape index (κ1) is 24.5. The van der Waals surface area contributed by atoms with E-state index in [1.54, 1.807) is 18.4 Å². The fourth-order valence-corrected chi connectivity index (χ4v) is 5.79. The third kappa shape index (κ3) is 5.18. The number of para-hydroxylation sites is 1. The average Bonchev–Trinajstić information content (AvgIpc) is 3.32. The minimum Gasteiger partial charge on any atom is -0.496 e. The predicted molar refractivity (Wildman–Crippen MR) is 149 cm³/mol. The Bertz CT molecular complexity index is 1340. The summed E-state index contributed by atoms with van der Waals surface area (Å²) in [5.41, 5.74) is 5.19. The SMILES string of the molecule is CCN1CCC[C@@H](c2ccc(Nc3ncc4scc(-c5ccccc5OC)c4n3)c(OC(C)C)c2)C1. The van der Waals surface area contributed by atoms with Gasteiger partial charge in [0.05, 0.1) is 35.3 Å². The van der Waals surface area contributed by atoms with Crippen LogP contribution in [0.25, 0.3) is 21.3 Å². The molecule has 2 aromatic carbocycles. The van der Waals surface area contributed by atoms with Gasteiger partial charge in [0.25, 0.3) is 0 Å². The van der Waals surface area contributed by atoms with Crippen LogP contribution in [0.5, 0.6) is 11.5 Å². The number of nitrogens with zero attached hydrogens (tertiary/aromatic N) is 3. The van der Waals surface area contributed by atoms with Crippen LogP contribution >= 0.6 is 11.3 Å². The van der Waals surface area contributed by atoms with E-state index in [4.69, 9.17) is 14.5 Å². The number of methoxy groups -OCH3 is 1. The number of hydrogen-bond donors (Lipinski definition) is 1. The van der Waals surface area contributed by atoms with Crippen molar-refractivity contribution in [3.05, 3.63) is 59.6 Å². The number of rotatable bonds is 8. The summed E-state index contributed by atoms with van der Waals surface area (Å²) in [5, 5.41) is 5.55. The van der Waals surface area contributed by atoms with Crippen molar-refractivity contribution in [3.8, 4) is 22.6 Å². The van der Waals surface area contributed by atoms with E-state index >= 15 is 0 Å². The molecule has 1 aliphatic rings. The molecule has 4 aromatic rings. The number of aromatic nitrogens is 2. The summed E-state index contributed by atoms with van der Waals surface area (Å²) in [6.45, 7) is 9.76. The number of thiophene rings is 1.